The Hall–Kier alpha value is -3.00. The van der Waals surface area contributed by atoms with Gasteiger partial charge in [-0.15, -0.1) is 5.10 Å². The van der Waals surface area contributed by atoms with Gasteiger partial charge < -0.3 is 20.5 Å². The Balaban J connectivity index is 1.78. The summed E-state index contributed by atoms with van der Waals surface area (Å²) >= 11 is 5.93. The van der Waals surface area contributed by atoms with Gasteiger partial charge in [-0.3, -0.25) is 4.79 Å². The maximum atomic E-state index is 12.7. The van der Waals surface area contributed by atoms with Gasteiger partial charge >= 0.3 is 6.18 Å². The zero-order valence-corrected chi connectivity index (χ0v) is 21.0. The molecule has 0 unspecified atom stereocenters. The van der Waals surface area contributed by atoms with Crippen LogP contribution in [-0.2, 0) is 14.6 Å². The summed E-state index contributed by atoms with van der Waals surface area (Å²) in [5, 5.41) is 7.10. The number of alkyl halides is 3. The molecule has 1 saturated heterocycles. The highest BCUT2D eigenvalue weighted by molar-refractivity contribution is 7.91. The maximum Gasteiger partial charge on any atom is 0.422 e. The Labute approximate surface area is 210 Å². The van der Waals surface area contributed by atoms with Gasteiger partial charge in [0.25, 0.3) is 5.91 Å². The lowest BCUT2D eigenvalue weighted by molar-refractivity contribution is -0.164. The van der Waals surface area contributed by atoms with E-state index in [2.05, 4.69) is 15.4 Å². The highest BCUT2D eigenvalue weighted by Crippen LogP contribution is 2.24. The summed E-state index contributed by atoms with van der Waals surface area (Å²) in [4.78, 5) is 16.8. The molecule has 2 aromatic rings. The molecule has 3 N–H and O–H groups in total. The number of allylic oxidation sites excluding steroid dienone is 2. The summed E-state index contributed by atoms with van der Waals surface area (Å²) < 4.78 is 72.6. The van der Waals surface area contributed by atoms with Gasteiger partial charge in [0.2, 0.25) is 11.7 Å². The Kier molecular flexibility index (Phi) is 8.08. The van der Waals surface area contributed by atoms with Crippen LogP contribution in [0.5, 0.6) is 5.75 Å². The van der Waals surface area contributed by atoms with E-state index in [1.165, 1.54) is 22.8 Å². The smallest absolute Gasteiger partial charge is 0.422 e. The van der Waals surface area contributed by atoms with E-state index in [9.17, 15) is 26.4 Å². The summed E-state index contributed by atoms with van der Waals surface area (Å²) in [5.74, 6) is -1.57. The molecular weight excluding hydrogens is 527 g/mol. The molecule has 1 fully saturated rings. The number of amides is 1. The van der Waals surface area contributed by atoms with Gasteiger partial charge in [0, 0.05) is 16.6 Å². The number of nitrogens with two attached hydrogens (primary N) is 1. The Morgan fingerprint density at radius 3 is 2.61 bits per heavy atom. The van der Waals surface area contributed by atoms with E-state index in [0.29, 0.717) is 6.42 Å². The molecule has 0 atom stereocenters. The molecule has 0 aromatic carbocycles. The fraction of sp³-hybridized carbons (Fsp3) is 0.476. The van der Waals surface area contributed by atoms with Crippen molar-refractivity contribution in [2.24, 2.45) is 5.73 Å². The molecule has 36 heavy (non-hydrogen) atoms. The molecule has 0 bridgehead atoms. The van der Waals surface area contributed by atoms with E-state index in [1.54, 1.807) is 13.8 Å². The number of rotatable bonds is 8. The molecule has 10 nitrogen and oxygen atoms in total. The number of nitrogens with one attached hydrogen (secondary N) is 1. The van der Waals surface area contributed by atoms with Crippen molar-refractivity contribution in [3.05, 3.63) is 46.9 Å². The number of hydrogen-bond donors (Lipinski definition) is 2. The molecule has 0 spiro atoms. The van der Waals surface area contributed by atoms with Crippen LogP contribution in [0.3, 0.4) is 0 Å². The SMILES string of the molecule is CC/C(Cl)=C\C(OCC(F)(F)F)=C(/N)Oc1ccc2nc(C(=O)NC3(C)CCS(=O)(=O)CC3)nn2c1. The van der Waals surface area contributed by atoms with Gasteiger partial charge in [0.05, 0.1) is 17.7 Å². The number of aromatic nitrogens is 3. The van der Waals surface area contributed by atoms with Crippen molar-refractivity contribution >= 4 is 33.0 Å². The van der Waals surface area contributed by atoms with Crippen LogP contribution in [0.1, 0.15) is 43.7 Å². The van der Waals surface area contributed by atoms with Crippen LogP contribution in [0.4, 0.5) is 13.2 Å². The van der Waals surface area contributed by atoms with Gasteiger partial charge in [0.15, 0.2) is 18.0 Å². The highest BCUT2D eigenvalue weighted by atomic mass is 35.5. The fourth-order valence-corrected chi connectivity index (χ4v) is 5.06. The van der Waals surface area contributed by atoms with E-state index < -0.39 is 45.7 Å². The second-order valence-electron chi connectivity index (χ2n) is 8.45. The van der Waals surface area contributed by atoms with E-state index >= 15 is 0 Å². The number of pyridine rings is 1. The van der Waals surface area contributed by atoms with Crippen LogP contribution in [0.15, 0.2) is 41.1 Å². The van der Waals surface area contributed by atoms with Crippen molar-refractivity contribution in [3.8, 4) is 5.75 Å². The molecule has 198 valence electrons. The van der Waals surface area contributed by atoms with E-state index in [4.69, 9.17) is 26.8 Å². The zero-order chi connectivity index (χ0) is 26.7. The van der Waals surface area contributed by atoms with Crippen molar-refractivity contribution in [2.45, 2.75) is 44.8 Å². The number of ether oxygens (including phenoxy) is 2. The van der Waals surface area contributed by atoms with Crippen molar-refractivity contribution < 1.29 is 35.9 Å². The van der Waals surface area contributed by atoms with Crippen LogP contribution in [0, 0.1) is 0 Å². The Morgan fingerprint density at radius 2 is 2.00 bits per heavy atom. The number of carbonyl (C=O) groups excluding carboxylic acids is 1. The average molecular weight is 552 g/mol. The van der Waals surface area contributed by atoms with Crippen LogP contribution in [-0.4, -0.2) is 58.8 Å². The van der Waals surface area contributed by atoms with E-state index in [0.717, 1.165) is 6.08 Å². The van der Waals surface area contributed by atoms with Gasteiger partial charge in [-0.25, -0.2) is 17.9 Å². The van der Waals surface area contributed by atoms with Gasteiger partial charge in [-0.1, -0.05) is 18.5 Å². The summed E-state index contributed by atoms with van der Waals surface area (Å²) in [7, 11) is -3.11. The van der Waals surface area contributed by atoms with Gasteiger partial charge in [0.1, 0.15) is 15.6 Å². The third-order valence-electron chi connectivity index (χ3n) is 5.34. The number of hydrogen-bond acceptors (Lipinski definition) is 8. The molecule has 2 aromatic heterocycles. The number of carbonyl (C=O) groups is 1. The minimum absolute atomic E-state index is 0.0225. The molecule has 15 heteroatoms. The van der Waals surface area contributed by atoms with Crippen molar-refractivity contribution in [1.82, 2.24) is 19.9 Å². The first kappa shape index (κ1) is 27.6. The number of sulfone groups is 1. The Morgan fingerprint density at radius 1 is 1.33 bits per heavy atom. The largest absolute Gasteiger partial charge is 0.478 e. The second-order valence-corrected chi connectivity index (χ2v) is 11.2. The summed E-state index contributed by atoms with van der Waals surface area (Å²) in [6, 6.07) is 2.89. The third kappa shape index (κ3) is 7.50. The predicted molar refractivity (Wildman–Crippen MR) is 125 cm³/mol. The van der Waals surface area contributed by atoms with Crippen LogP contribution < -0.4 is 15.8 Å². The zero-order valence-electron chi connectivity index (χ0n) is 19.4. The lowest BCUT2D eigenvalue weighted by Gasteiger charge is -2.33. The molecule has 3 rings (SSSR count). The number of halogens is 4. The molecule has 1 amide bonds. The van der Waals surface area contributed by atoms with Crippen molar-refractivity contribution in [3.63, 3.8) is 0 Å². The monoisotopic (exact) mass is 551 g/mol. The molecule has 0 saturated carbocycles. The van der Waals surface area contributed by atoms with Crippen LogP contribution in [0.2, 0.25) is 0 Å². The fourth-order valence-electron chi connectivity index (χ4n) is 3.23. The Bertz CT molecular complexity index is 1290. The molecule has 0 radical (unpaired) electrons. The van der Waals surface area contributed by atoms with Crippen LogP contribution >= 0.6 is 11.6 Å². The summed E-state index contributed by atoms with van der Waals surface area (Å²) in [6.45, 7) is 1.86. The lowest BCUT2D eigenvalue weighted by Crippen LogP contribution is -2.51. The van der Waals surface area contributed by atoms with Gasteiger partial charge in [-0.2, -0.15) is 13.2 Å². The third-order valence-corrected chi connectivity index (χ3v) is 7.37. The number of fused-ring (bicyclic) bond motifs is 1. The molecule has 1 aliphatic heterocycles. The van der Waals surface area contributed by atoms with E-state index in [-0.39, 0.29) is 46.6 Å². The minimum atomic E-state index is -4.60. The summed E-state index contributed by atoms with van der Waals surface area (Å²) in [6.07, 6.45) is -1.26. The lowest BCUT2D eigenvalue weighted by atomic mass is 9.95. The first-order chi connectivity index (χ1) is 16.7. The molecular formula is C21H25ClF3N5O5S. The highest BCUT2D eigenvalue weighted by Gasteiger charge is 2.35. The van der Waals surface area contributed by atoms with Crippen molar-refractivity contribution in [2.75, 3.05) is 18.1 Å². The molecule has 1 aliphatic rings. The maximum absolute atomic E-state index is 12.7. The standard InChI is InChI=1S/C21H25ClF3N5O5S/c1-3-13(22)10-15(34-12-21(23,24)25)17(26)35-14-4-5-16-27-18(29-30(16)11-14)19(31)28-20(2)6-8-36(32,33)9-7-20/h4-5,10-11H,3,6-9,12,26H2,1-2H3,(H,28,31)/b13-10+,17-15-. The first-order valence-corrected chi connectivity index (χ1v) is 13.0. The van der Waals surface area contributed by atoms with Crippen LogP contribution in [0.25, 0.3) is 5.65 Å². The minimum Gasteiger partial charge on any atom is -0.478 e. The van der Waals surface area contributed by atoms with Crippen molar-refractivity contribution in [1.29, 1.82) is 0 Å². The van der Waals surface area contributed by atoms with E-state index in [1.807, 2.05) is 0 Å². The predicted octanol–water partition coefficient (Wildman–Crippen LogP) is 3.04. The quantitative estimate of drug-likeness (QED) is 0.377. The molecule has 0 aliphatic carbocycles. The molecule has 3 heterocycles. The topological polar surface area (TPSA) is 138 Å². The number of nitrogens with zero attached hydrogens (tertiary/aromatic N) is 3. The summed E-state index contributed by atoms with van der Waals surface area (Å²) in [5.41, 5.74) is 5.40. The normalized spacial score (nSPS) is 18.4. The first-order valence-electron chi connectivity index (χ1n) is 10.8. The average Bonchev–Trinajstić information content (AvgIpc) is 3.22. The van der Waals surface area contributed by atoms with Gasteiger partial charge in [-0.05, 0) is 38.3 Å². The second kappa shape index (κ2) is 10.5.